The number of carbonyl (C=O) groups excluding carboxylic acids is 3. The molecule has 4 heterocycles. The second-order valence-corrected chi connectivity index (χ2v) is 17.7. The van der Waals surface area contributed by atoms with E-state index in [4.69, 9.17) is 23.8 Å². The summed E-state index contributed by atoms with van der Waals surface area (Å²) in [5, 5.41) is 14.1. The van der Waals surface area contributed by atoms with E-state index in [2.05, 4.69) is 37.4 Å². The van der Waals surface area contributed by atoms with E-state index in [1.165, 1.54) is 4.90 Å². The van der Waals surface area contributed by atoms with Crippen molar-refractivity contribution in [1.82, 2.24) is 15.3 Å². The smallest absolute Gasteiger partial charge is 0.327 e. The van der Waals surface area contributed by atoms with Gasteiger partial charge in [-0.1, -0.05) is 106 Å². The number of aliphatic hydroxyl groups excluding tert-OH is 1. The minimum absolute atomic E-state index is 0.0460. The van der Waals surface area contributed by atoms with Gasteiger partial charge in [-0.15, -0.1) is 0 Å². The molecule has 0 spiro atoms. The van der Waals surface area contributed by atoms with Crippen molar-refractivity contribution in [2.75, 3.05) is 20.2 Å². The molecule has 12 heteroatoms. The van der Waals surface area contributed by atoms with Crippen molar-refractivity contribution in [3.63, 3.8) is 0 Å². The predicted molar refractivity (Wildman–Crippen MR) is 220 cm³/mol. The summed E-state index contributed by atoms with van der Waals surface area (Å²) in [6.07, 6.45) is 13.3. The second kappa shape index (κ2) is 18.1. The van der Waals surface area contributed by atoms with Crippen LogP contribution in [0.25, 0.3) is 6.08 Å². The van der Waals surface area contributed by atoms with Crippen molar-refractivity contribution in [2.24, 2.45) is 11.3 Å². The highest BCUT2D eigenvalue weighted by Crippen LogP contribution is 2.58. The number of hydrogen-bond donors (Lipinski definition) is 2. The highest BCUT2D eigenvalue weighted by atomic mass is 16.8. The zero-order chi connectivity index (χ0) is 41.1. The number of benzene rings is 2. The van der Waals surface area contributed by atoms with Gasteiger partial charge < -0.3 is 34.3 Å². The lowest BCUT2D eigenvalue weighted by Crippen LogP contribution is -2.70. The Balaban J connectivity index is 1.15. The molecule has 6 aliphatic rings. The molecule has 4 saturated heterocycles. The minimum Gasteiger partial charge on any atom is -0.458 e. The average molecular weight is 814 g/mol. The van der Waals surface area contributed by atoms with Crippen LogP contribution in [0.2, 0.25) is 0 Å². The first-order valence-electron chi connectivity index (χ1n) is 22.3. The van der Waals surface area contributed by atoms with Crippen molar-refractivity contribution in [3.05, 3.63) is 77.4 Å². The molecular weight excluding hydrogens is 751 g/mol. The van der Waals surface area contributed by atoms with Crippen LogP contribution < -0.4 is 5.32 Å². The van der Waals surface area contributed by atoms with E-state index in [1.54, 1.807) is 12.1 Å². The molecule has 59 heavy (non-hydrogen) atoms. The minimum atomic E-state index is -1.44. The van der Waals surface area contributed by atoms with Gasteiger partial charge in [0.1, 0.15) is 35.9 Å². The Bertz CT molecular complexity index is 1810. The number of fused-ring (bicyclic) bond motifs is 5. The van der Waals surface area contributed by atoms with Crippen LogP contribution in [0.15, 0.2) is 60.7 Å². The van der Waals surface area contributed by atoms with Gasteiger partial charge in [-0.2, -0.15) is 5.06 Å². The summed E-state index contributed by atoms with van der Waals surface area (Å²) < 4.78 is 26.2. The monoisotopic (exact) mass is 813 g/mol. The summed E-state index contributed by atoms with van der Waals surface area (Å²) in [4.78, 5) is 52.7. The Hall–Kier alpha value is -3.65. The Morgan fingerprint density at radius 3 is 2.41 bits per heavy atom. The fraction of sp³-hybridized carbons (Fsp3) is 0.638. The molecule has 12 nitrogen and oxygen atoms in total. The molecule has 2 aromatic rings. The first-order chi connectivity index (χ1) is 28.7. The molecule has 2 saturated carbocycles. The van der Waals surface area contributed by atoms with Crippen LogP contribution in [0.4, 0.5) is 0 Å². The number of amides is 2. The van der Waals surface area contributed by atoms with E-state index in [0.717, 1.165) is 74.5 Å². The Morgan fingerprint density at radius 1 is 0.949 bits per heavy atom. The number of nitrogens with one attached hydrogen (secondary N) is 1. The third-order valence-corrected chi connectivity index (χ3v) is 13.7. The van der Waals surface area contributed by atoms with Gasteiger partial charge in [-0.25, -0.2) is 0 Å². The molecule has 0 aromatic heterocycles. The number of hydroxylamine groups is 2. The van der Waals surface area contributed by atoms with Crippen LogP contribution in [-0.4, -0.2) is 108 Å². The molecule has 2 aromatic carbocycles. The number of likely N-dealkylation sites (N-methyl/N-ethyl adjacent to an activating group) is 1. The fourth-order valence-corrected chi connectivity index (χ4v) is 10.5. The third-order valence-electron chi connectivity index (χ3n) is 13.7. The maximum absolute atomic E-state index is 15.7. The summed E-state index contributed by atoms with van der Waals surface area (Å²) in [5.41, 5.74) is 1.39. The van der Waals surface area contributed by atoms with Crippen molar-refractivity contribution in [2.45, 2.75) is 158 Å². The van der Waals surface area contributed by atoms with Crippen LogP contribution in [0.1, 0.15) is 108 Å². The van der Waals surface area contributed by atoms with E-state index in [9.17, 15) is 14.7 Å². The van der Waals surface area contributed by atoms with Gasteiger partial charge in [0.2, 0.25) is 11.8 Å². The van der Waals surface area contributed by atoms with Crippen molar-refractivity contribution in [1.29, 1.82) is 0 Å². The van der Waals surface area contributed by atoms with E-state index in [1.807, 2.05) is 48.5 Å². The normalized spacial score (nSPS) is 32.0. The topological polar surface area (TPSA) is 139 Å². The van der Waals surface area contributed by atoms with Crippen molar-refractivity contribution >= 4 is 23.9 Å². The maximum Gasteiger partial charge on any atom is 0.327 e. The zero-order valence-corrected chi connectivity index (χ0v) is 35.0. The number of rotatable bonds is 19. The van der Waals surface area contributed by atoms with Crippen molar-refractivity contribution in [3.8, 4) is 0 Å². The summed E-state index contributed by atoms with van der Waals surface area (Å²) in [7, 11) is 1.64. The number of unbranched alkanes of at least 4 members (excludes halogenated alkanes) is 4. The first-order valence-corrected chi connectivity index (χ1v) is 22.3. The number of nitrogens with zero attached hydrogens (tertiary/aromatic N) is 2. The molecule has 2 bridgehead atoms. The van der Waals surface area contributed by atoms with Crippen LogP contribution in [0, 0.1) is 11.3 Å². The summed E-state index contributed by atoms with van der Waals surface area (Å²) in [6, 6.07) is 15.6. The Morgan fingerprint density at radius 2 is 1.68 bits per heavy atom. The molecule has 4 aliphatic heterocycles. The lowest BCUT2D eigenvalue weighted by Gasteiger charge is -2.50. The van der Waals surface area contributed by atoms with Gasteiger partial charge >= 0.3 is 5.97 Å². The lowest BCUT2D eigenvalue weighted by atomic mass is 9.62. The quantitative estimate of drug-likeness (QED) is 0.100. The SMILES string of the molecule is CCCCCC1(CCCCC)O[C@@H]2[C@H](O1)[C@H]1ON(Cc3ccccc3C=CC3CCC4OC4C3)[C@@H]3C(=O)O[C@@H]2C[C@]13C(=O)N(C)[C@H](Cc1ccccc1)C(=O)NCCO. The molecule has 6 fully saturated rings. The van der Waals surface area contributed by atoms with Crippen LogP contribution >= 0.6 is 0 Å². The van der Waals surface area contributed by atoms with Gasteiger partial charge in [-0.3, -0.25) is 19.2 Å². The molecule has 2 amide bonds. The van der Waals surface area contributed by atoms with Crippen LogP contribution in [0.3, 0.4) is 0 Å². The molecule has 320 valence electrons. The average Bonchev–Trinajstić information content (AvgIpc) is 3.80. The van der Waals surface area contributed by atoms with E-state index >= 15 is 4.79 Å². The number of allylic oxidation sites excluding steroid dienone is 1. The van der Waals surface area contributed by atoms with Gasteiger partial charge in [0.05, 0.1) is 25.4 Å². The first kappa shape index (κ1) is 42.1. The predicted octanol–water partition coefficient (Wildman–Crippen LogP) is 5.89. The number of epoxide rings is 1. The number of hydrogen-bond acceptors (Lipinski definition) is 10. The maximum atomic E-state index is 15.7. The molecule has 2 aliphatic carbocycles. The third kappa shape index (κ3) is 8.50. The number of esters is 1. The van der Waals surface area contributed by atoms with E-state index < -0.39 is 59.6 Å². The van der Waals surface area contributed by atoms with Gasteiger partial charge in [-0.05, 0) is 54.7 Å². The highest BCUT2D eigenvalue weighted by Gasteiger charge is 2.76. The van der Waals surface area contributed by atoms with E-state index in [0.29, 0.717) is 31.0 Å². The van der Waals surface area contributed by atoms with Gasteiger partial charge in [0, 0.05) is 39.3 Å². The Labute approximate surface area is 348 Å². The summed E-state index contributed by atoms with van der Waals surface area (Å²) >= 11 is 0. The zero-order valence-electron chi connectivity index (χ0n) is 35.0. The highest BCUT2D eigenvalue weighted by molar-refractivity contribution is 5.96. The van der Waals surface area contributed by atoms with Crippen LogP contribution in [-0.2, 0) is 51.1 Å². The second-order valence-electron chi connectivity index (χ2n) is 17.7. The van der Waals surface area contributed by atoms with Gasteiger partial charge in [0.15, 0.2) is 11.8 Å². The standard InChI is InChI=1S/C47H63N3O9/c1-4-6-13-23-46(24-14-7-5-2)57-39-38-29-47(45(54)49(3)35(43(52)48-25-26-51)27-31-15-9-8-10-16-31)41(44(53)56-38)50(59-42(47)40(39)58-46)30-34-18-12-11-17-33(34)21-19-32-20-22-36-37(28-32)55-36/h8-12,15-19,21,32,35-42,51H,4-7,13-14,20,22-30H2,1-3H3,(H,48,52)/t32?,35-,36?,37?,38-,39+,40+,41-,42-,47-/m1/s1. The van der Waals surface area contributed by atoms with Crippen LogP contribution in [0.5, 0.6) is 0 Å². The molecular formula is C47H63N3O9. The number of ether oxygens (including phenoxy) is 4. The molecule has 8 rings (SSSR count). The molecule has 3 unspecified atom stereocenters. The molecule has 10 atom stereocenters. The van der Waals surface area contributed by atoms with Crippen molar-refractivity contribution < 1.29 is 43.3 Å². The number of carbonyl (C=O) groups is 3. The molecule has 2 N–H and O–H groups in total. The fourth-order valence-electron chi connectivity index (χ4n) is 10.5. The summed E-state index contributed by atoms with van der Waals surface area (Å²) in [6.45, 7) is 4.37. The molecule has 0 radical (unpaired) electrons. The largest absolute Gasteiger partial charge is 0.458 e. The lowest BCUT2D eigenvalue weighted by molar-refractivity contribution is -0.225. The number of aliphatic hydroxyl groups is 1. The summed E-state index contributed by atoms with van der Waals surface area (Å²) in [5.74, 6) is -1.77. The van der Waals surface area contributed by atoms with E-state index in [-0.39, 0.29) is 38.4 Å². The Kier molecular flexibility index (Phi) is 12.9. The van der Waals surface area contributed by atoms with Gasteiger partial charge in [0.25, 0.3) is 0 Å².